The minimum atomic E-state index is -0.203. The first-order valence-electron chi connectivity index (χ1n) is 6.63. The standard InChI is InChI=1S/C15H20O3/c1-3-17-15(16)9-11(2)18-14-8-7-12-5-4-6-13(12)10-14/h7-8,10-11H,3-6,9H2,1-2H3. The maximum Gasteiger partial charge on any atom is 0.309 e. The summed E-state index contributed by atoms with van der Waals surface area (Å²) in [5.74, 6) is 0.651. The number of benzene rings is 1. The molecule has 0 saturated heterocycles. The molecule has 0 aromatic heterocycles. The number of ether oxygens (including phenoxy) is 2. The van der Waals surface area contributed by atoms with E-state index in [4.69, 9.17) is 9.47 Å². The number of carbonyl (C=O) groups excluding carboxylic acids is 1. The molecule has 98 valence electrons. The summed E-state index contributed by atoms with van der Waals surface area (Å²) in [6, 6.07) is 6.23. The highest BCUT2D eigenvalue weighted by Crippen LogP contribution is 2.26. The van der Waals surface area contributed by atoms with Gasteiger partial charge in [0.05, 0.1) is 13.0 Å². The van der Waals surface area contributed by atoms with Gasteiger partial charge in [-0.1, -0.05) is 6.07 Å². The molecule has 3 heteroatoms. The van der Waals surface area contributed by atoms with Gasteiger partial charge in [-0.3, -0.25) is 4.79 Å². The van der Waals surface area contributed by atoms with Gasteiger partial charge in [-0.25, -0.2) is 0 Å². The first-order valence-corrected chi connectivity index (χ1v) is 6.63. The third kappa shape index (κ3) is 3.25. The van der Waals surface area contributed by atoms with E-state index in [2.05, 4.69) is 12.1 Å². The van der Waals surface area contributed by atoms with Crippen molar-refractivity contribution in [3.8, 4) is 5.75 Å². The second-order valence-electron chi connectivity index (χ2n) is 4.72. The van der Waals surface area contributed by atoms with Crippen molar-refractivity contribution >= 4 is 5.97 Å². The van der Waals surface area contributed by atoms with Gasteiger partial charge in [0, 0.05) is 0 Å². The maximum absolute atomic E-state index is 11.3. The van der Waals surface area contributed by atoms with E-state index in [-0.39, 0.29) is 12.1 Å². The Labute approximate surface area is 108 Å². The molecule has 1 aromatic rings. The van der Waals surface area contributed by atoms with Crippen LogP contribution >= 0.6 is 0 Å². The monoisotopic (exact) mass is 248 g/mol. The molecule has 1 atom stereocenters. The predicted octanol–water partition coefficient (Wildman–Crippen LogP) is 2.90. The quantitative estimate of drug-likeness (QED) is 0.752. The Balaban J connectivity index is 1.91. The van der Waals surface area contributed by atoms with E-state index in [1.807, 2.05) is 19.9 Å². The molecule has 0 N–H and O–H groups in total. The van der Waals surface area contributed by atoms with E-state index in [1.54, 1.807) is 0 Å². The Kier molecular flexibility index (Phi) is 4.24. The Morgan fingerprint density at radius 3 is 2.89 bits per heavy atom. The second kappa shape index (κ2) is 5.89. The first-order chi connectivity index (χ1) is 8.69. The van der Waals surface area contributed by atoms with E-state index >= 15 is 0 Å². The summed E-state index contributed by atoms with van der Waals surface area (Å²) in [5, 5.41) is 0. The number of fused-ring (bicyclic) bond motifs is 1. The molecule has 3 nitrogen and oxygen atoms in total. The smallest absolute Gasteiger partial charge is 0.309 e. The lowest BCUT2D eigenvalue weighted by atomic mass is 10.1. The molecular formula is C15H20O3. The van der Waals surface area contributed by atoms with Crippen molar-refractivity contribution in [3.05, 3.63) is 29.3 Å². The van der Waals surface area contributed by atoms with Gasteiger partial charge in [0.25, 0.3) is 0 Å². The van der Waals surface area contributed by atoms with E-state index < -0.39 is 0 Å². The van der Waals surface area contributed by atoms with Crippen molar-refractivity contribution < 1.29 is 14.3 Å². The van der Waals surface area contributed by atoms with Crippen LogP contribution in [0, 0.1) is 0 Å². The van der Waals surface area contributed by atoms with Crippen LogP contribution in [0.15, 0.2) is 18.2 Å². The van der Waals surface area contributed by atoms with Crippen molar-refractivity contribution in [2.24, 2.45) is 0 Å². The molecule has 1 unspecified atom stereocenters. The van der Waals surface area contributed by atoms with Crippen LogP contribution in [-0.4, -0.2) is 18.7 Å². The number of esters is 1. The van der Waals surface area contributed by atoms with E-state index in [0.29, 0.717) is 13.0 Å². The SMILES string of the molecule is CCOC(=O)CC(C)Oc1ccc2c(c1)CCC2. The highest BCUT2D eigenvalue weighted by Gasteiger charge is 2.14. The number of hydrogen-bond donors (Lipinski definition) is 0. The lowest BCUT2D eigenvalue weighted by Gasteiger charge is -2.14. The molecule has 0 heterocycles. The van der Waals surface area contributed by atoms with Crippen LogP contribution in [0.2, 0.25) is 0 Å². The molecule has 1 aliphatic rings. The molecule has 1 aliphatic carbocycles. The largest absolute Gasteiger partial charge is 0.490 e. The van der Waals surface area contributed by atoms with Gasteiger partial charge in [-0.15, -0.1) is 0 Å². The molecule has 0 radical (unpaired) electrons. The van der Waals surface area contributed by atoms with Crippen LogP contribution in [0.5, 0.6) is 5.75 Å². The molecule has 18 heavy (non-hydrogen) atoms. The minimum absolute atomic E-state index is 0.150. The van der Waals surface area contributed by atoms with Gasteiger partial charge in [0.1, 0.15) is 11.9 Å². The van der Waals surface area contributed by atoms with E-state index in [1.165, 1.54) is 24.0 Å². The molecule has 1 aromatic carbocycles. The van der Waals surface area contributed by atoms with Crippen LogP contribution in [0.3, 0.4) is 0 Å². The van der Waals surface area contributed by atoms with E-state index in [9.17, 15) is 4.79 Å². The second-order valence-corrected chi connectivity index (χ2v) is 4.72. The summed E-state index contributed by atoms with van der Waals surface area (Å²) in [5.41, 5.74) is 2.82. The molecule has 2 rings (SSSR count). The lowest BCUT2D eigenvalue weighted by Crippen LogP contribution is -2.18. The zero-order chi connectivity index (χ0) is 13.0. The van der Waals surface area contributed by atoms with Crippen molar-refractivity contribution in [3.63, 3.8) is 0 Å². The summed E-state index contributed by atoms with van der Waals surface area (Å²) in [4.78, 5) is 11.3. The summed E-state index contributed by atoms with van der Waals surface area (Å²) >= 11 is 0. The third-order valence-electron chi connectivity index (χ3n) is 3.17. The van der Waals surface area contributed by atoms with E-state index in [0.717, 1.165) is 12.2 Å². The van der Waals surface area contributed by atoms with Crippen molar-refractivity contribution in [1.29, 1.82) is 0 Å². The summed E-state index contributed by atoms with van der Waals surface area (Å²) in [6.07, 6.45) is 3.69. The zero-order valence-electron chi connectivity index (χ0n) is 11.1. The van der Waals surface area contributed by atoms with Gasteiger partial charge in [-0.2, -0.15) is 0 Å². The Hall–Kier alpha value is -1.51. The number of hydrogen-bond acceptors (Lipinski definition) is 3. The Bertz CT molecular complexity index is 426. The fourth-order valence-corrected chi connectivity index (χ4v) is 2.35. The summed E-state index contributed by atoms with van der Waals surface area (Å²) in [6.45, 7) is 4.12. The lowest BCUT2D eigenvalue weighted by molar-refractivity contribution is -0.144. The third-order valence-corrected chi connectivity index (χ3v) is 3.17. The van der Waals surface area contributed by atoms with Gasteiger partial charge < -0.3 is 9.47 Å². The predicted molar refractivity (Wildman–Crippen MR) is 69.8 cm³/mol. The normalized spacial score (nSPS) is 15.0. The van der Waals surface area contributed by atoms with Crippen LogP contribution in [0.25, 0.3) is 0 Å². The molecule has 0 fully saturated rings. The van der Waals surface area contributed by atoms with Gasteiger partial charge in [0.15, 0.2) is 0 Å². The molecule has 0 aliphatic heterocycles. The highest BCUT2D eigenvalue weighted by molar-refractivity contribution is 5.69. The Morgan fingerprint density at radius 2 is 2.11 bits per heavy atom. The fourth-order valence-electron chi connectivity index (χ4n) is 2.35. The van der Waals surface area contributed by atoms with Crippen LogP contribution in [0.1, 0.15) is 37.8 Å². The molecule has 0 spiro atoms. The topological polar surface area (TPSA) is 35.5 Å². The van der Waals surface area contributed by atoms with Crippen LogP contribution in [-0.2, 0) is 22.4 Å². The van der Waals surface area contributed by atoms with Gasteiger partial charge in [-0.05, 0) is 56.4 Å². The van der Waals surface area contributed by atoms with Crippen molar-refractivity contribution in [1.82, 2.24) is 0 Å². The minimum Gasteiger partial charge on any atom is -0.490 e. The average Bonchev–Trinajstić information content (AvgIpc) is 2.76. The van der Waals surface area contributed by atoms with Gasteiger partial charge in [0.2, 0.25) is 0 Å². The van der Waals surface area contributed by atoms with Gasteiger partial charge >= 0.3 is 5.97 Å². The molecular weight excluding hydrogens is 228 g/mol. The van der Waals surface area contributed by atoms with Crippen molar-refractivity contribution in [2.45, 2.75) is 45.6 Å². The Morgan fingerprint density at radius 1 is 1.33 bits per heavy atom. The summed E-state index contributed by atoms with van der Waals surface area (Å²) < 4.78 is 10.7. The summed E-state index contributed by atoms with van der Waals surface area (Å²) in [7, 11) is 0. The van der Waals surface area contributed by atoms with Crippen LogP contribution in [0.4, 0.5) is 0 Å². The number of rotatable bonds is 5. The fraction of sp³-hybridized carbons (Fsp3) is 0.533. The van der Waals surface area contributed by atoms with Crippen LogP contribution < -0.4 is 4.74 Å². The molecule has 0 amide bonds. The highest BCUT2D eigenvalue weighted by atomic mass is 16.5. The maximum atomic E-state index is 11.3. The van der Waals surface area contributed by atoms with Crippen molar-refractivity contribution in [2.75, 3.05) is 6.61 Å². The molecule has 0 bridgehead atoms. The average molecular weight is 248 g/mol. The zero-order valence-corrected chi connectivity index (χ0v) is 11.1. The first kappa shape index (κ1) is 12.9. The molecule has 0 saturated carbocycles. The number of aryl methyl sites for hydroxylation is 2. The number of carbonyl (C=O) groups is 1.